The molecule has 26 heavy (non-hydrogen) atoms. The van der Waals surface area contributed by atoms with Crippen LogP contribution < -0.4 is 4.72 Å². The first kappa shape index (κ1) is 18.5. The lowest BCUT2D eigenvalue weighted by atomic mass is 10.1. The number of aromatic nitrogens is 1. The van der Waals surface area contributed by atoms with Gasteiger partial charge in [0.15, 0.2) is 11.6 Å². The predicted molar refractivity (Wildman–Crippen MR) is 91.0 cm³/mol. The molecule has 1 amide bonds. The lowest BCUT2D eigenvalue weighted by molar-refractivity contribution is 0.0787. The Bertz CT molecular complexity index is 921. The molecule has 1 aromatic heterocycles. The van der Waals surface area contributed by atoms with Gasteiger partial charge in [-0.1, -0.05) is 6.07 Å². The van der Waals surface area contributed by atoms with Gasteiger partial charge in [0.25, 0.3) is 5.91 Å². The van der Waals surface area contributed by atoms with E-state index in [1.165, 1.54) is 25.3 Å². The van der Waals surface area contributed by atoms with Gasteiger partial charge >= 0.3 is 0 Å². The van der Waals surface area contributed by atoms with Crippen molar-refractivity contribution in [2.45, 2.75) is 30.7 Å². The molecule has 2 heterocycles. The van der Waals surface area contributed by atoms with Crippen LogP contribution in [0.5, 0.6) is 0 Å². The van der Waals surface area contributed by atoms with Crippen LogP contribution in [0.1, 0.15) is 41.9 Å². The normalized spacial score (nSPS) is 16.0. The molecule has 1 aliphatic rings. The molecule has 1 aromatic carbocycles. The zero-order valence-corrected chi connectivity index (χ0v) is 14.9. The number of rotatable bonds is 5. The number of aromatic amines is 1. The molecule has 9 heteroatoms. The van der Waals surface area contributed by atoms with Gasteiger partial charge in [0.2, 0.25) is 10.0 Å². The van der Waals surface area contributed by atoms with Gasteiger partial charge in [-0.2, -0.15) is 0 Å². The first-order chi connectivity index (χ1) is 12.3. The molecule has 140 valence electrons. The number of nitrogens with zero attached hydrogens (tertiary/aromatic N) is 1. The van der Waals surface area contributed by atoms with E-state index in [2.05, 4.69) is 9.71 Å². The number of hydrogen-bond acceptors (Lipinski definition) is 3. The van der Waals surface area contributed by atoms with Gasteiger partial charge in [-0.25, -0.2) is 21.9 Å². The van der Waals surface area contributed by atoms with Crippen molar-refractivity contribution in [3.63, 3.8) is 0 Å². The Balaban J connectivity index is 1.75. The number of likely N-dealkylation sites (tertiary alicyclic amines) is 1. The number of nitrogens with one attached hydrogen (secondary N) is 2. The second-order valence-corrected chi connectivity index (χ2v) is 7.98. The van der Waals surface area contributed by atoms with Gasteiger partial charge in [0.05, 0.1) is 0 Å². The zero-order valence-electron chi connectivity index (χ0n) is 14.1. The SMILES string of the molecule is CC(NS(=O)(=O)c1c[nH]c(C(=O)N2CCCC2)c1)c1ccc(F)c(F)c1. The summed E-state index contributed by atoms with van der Waals surface area (Å²) in [7, 11) is -3.94. The summed E-state index contributed by atoms with van der Waals surface area (Å²) in [5.74, 6) is -2.29. The fraction of sp³-hybridized carbons (Fsp3) is 0.353. The molecule has 1 saturated heterocycles. The summed E-state index contributed by atoms with van der Waals surface area (Å²) >= 11 is 0. The largest absolute Gasteiger partial charge is 0.356 e. The van der Waals surface area contributed by atoms with Crippen LogP contribution in [0.3, 0.4) is 0 Å². The third-order valence-corrected chi connectivity index (χ3v) is 5.89. The number of carbonyl (C=O) groups excluding carboxylic acids is 1. The minimum absolute atomic E-state index is 0.0884. The van der Waals surface area contributed by atoms with Crippen LogP contribution in [-0.4, -0.2) is 37.3 Å². The van der Waals surface area contributed by atoms with Crippen molar-refractivity contribution in [1.29, 1.82) is 0 Å². The molecular formula is C17H19F2N3O3S. The van der Waals surface area contributed by atoms with E-state index in [0.717, 1.165) is 25.0 Å². The molecule has 1 aliphatic heterocycles. The quantitative estimate of drug-likeness (QED) is 0.833. The Labute approximate surface area is 150 Å². The number of hydrogen-bond donors (Lipinski definition) is 2. The molecule has 1 fully saturated rings. The Morgan fingerprint density at radius 2 is 1.88 bits per heavy atom. The Morgan fingerprint density at radius 3 is 2.54 bits per heavy atom. The number of amides is 1. The molecule has 0 spiro atoms. The van der Waals surface area contributed by atoms with Crippen molar-refractivity contribution in [2.24, 2.45) is 0 Å². The molecule has 1 unspecified atom stereocenters. The van der Waals surface area contributed by atoms with E-state index in [0.29, 0.717) is 13.1 Å². The molecular weight excluding hydrogens is 364 g/mol. The maximum atomic E-state index is 13.3. The second-order valence-electron chi connectivity index (χ2n) is 6.26. The average molecular weight is 383 g/mol. The first-order valence-corrected chi connectivity index (χ1v) is 9.71. The monoisotopic (exact) mass is 383 g/mol. The minimum atomic E-state index is -3.94. The fourth-order valence-corrected chi connectivity index (χ4v) is 4.12. The number of benzene rings is 1. The van der Waals surface area contributed by atoms with Crippen LogP contribution in [0.4, 0.5) is 8.78 Å². The first-order valence-electron chi connectivity index (χ1n) is 8.23. The van der Waals surface area contributed by atoms with E-state index in [-0.39, 0.29) is 22.1 Å². The molecule has 3 rings (SSSR count). The summed E-state index contributed by atoms with van der Waals surface area (Å²) < 4.78 is 53.8. The molecule has 0 aliphatic carbocycles. The summed E-state index contributed by atoms with van der Waals surface area (Å²) in [6, 6.07) is 3.70. The van der Waals surface area contributed by atoms with Gasteiger partial charge in [-0.05, 0) is 43.5 Å². The van der Waals surface area contributed by atoms with Crippen LogP contribution in [0.25, 0.3) is 0 Å². The molecule has 0 bridgehead atoms. The molecule has 0 radical (unpaired) electrons. The maximum absolute atomic E-state index is 13.3. The third kappa shape index (κ3) is 3.78. The summed E-state index contributed by atoms with van der Waals surface area (Å²) in [5, 5.41) is 0. The van der Waals surface area contributed by atoms with E-state index in [9.17, 15) is 22.0 Å². The van der Waals surface area contributed by atoms with E-state index in [1.807, 2.05) is 0 Å². The summed E-state index contributed by atoms with van der Waals surface area (Å²) in [6.07, 6.45) is 3.11. The van der Waals surface area contributed by atoms with Crippen LogP contribution >= 0.6 is 0 Å². The summed E-state index contributed by atoms with van der Waals surface area (Å²) in [5.41, 5.74) is 0.490. The number of carbonyl (C=O) groups is 1. The topological polar surface area (TPSA) is 82.3 Å². The molecule has 2 aromatic rings. The van der Waals surface area contributed by atoms with Crippen LogP contribution in [0.2, 0.25) is 0 Å². The van der Waals surface area contributed by atoms with Gasteiger partial charge in [-0.15, -0.1) is 0 Å². The highest BCUT2D eigenvalue weighted by Gasteiger charge is 2.25. The Morgan fingerprint density at radius 1 is 1.19 bits per heavy atom. The van der Waals surface area contributed by atoms with Crippen LogP contribution in [0.15, 0.2) is 35.4 Å². The van der Waals surface area contributed by atoms with Crippen molar-refractivity contribution >= 4 is 15.9 Å². The molecule has 0 saturated carbocycles. The lowest BCUT2D eigenvalue weighted by Gasteiger charge is -2.14. The zero-order chi connectivity index (χ0) is 18.9. The van der Waals surface area contributed by atoms with Crippen molar-refractivity contribution in [3.8, 4) is 0 Å². The Hall–Kier alpha value is -2.26. The van der Waals surface area contributed by atoms with Crippen LogP contribution in [0, 0.1) is 11.6 Å². The maximum Gasteiger partial charge on any atom is 0.270 e. The third-order valence-electron chi connectivity index (χ3n) is 4.37. The van der Waals surface area contributed by atoms with Gasteiger partial charge < -0.3 is 9.88 Å². The van der Waals surface area contributed by atoms with E-state index in [4.69, 9.17) is 0 Å². The molecule has 1 atom stereocenters. The van der Waals surface area contributed by atoms with Gasteiger partial charge in [0.1, 0.15) is 10.6 Å². The lowest BCUT2D eigenvalue weighted by Crippen LogP contribution is -2.28. The highest BCUT2D eigenvalue weighted by atomic mass is 32.2. The van der Waals surface area contributed by atoms with Crippen molar-refractivity contribution in [1.82, 2.24) is 14.6 Å². The predicted octanol–water partition coefficient (Wildman–Crippen LogP) is 2.57. The number of H-pyrrole nitrogens is 1. The highest BCUT2D eigenvalue weighted by Crippen LogP contribution is 2.20. The summed E-state index contributed by atoms with van der Waals surface area (Å²) in [4.78, 5) is 16.6. The standard InChI is InChI=1S/C17H19F2N3O3S/c1-11(12-4-5-14(18)15(19)8-12)21-26(24,25)13-9-16(20-10-13)17(23)22-6-2-3-7-22/h4-5,8-11,20-21H,2-3,6-7H2,1H3. The van der Waals surface area contributed by atoms with Crippen molar-refractivity contribution < 1.29 is 22.0 Å². The summed E-state index contributed by atoms with van der Waals surface area (Å²) in [6.45, 7) is 2.84. The van der Waals surface area contributed by atoms with Crippen molar-refractivity contribution in [3.05, 3.63) is 53.4 Å². The van der Waals surface area contributed by atoms with Gasteiger partial charge in [-0.3, -0.25) is 4.79 Å². The second kappa shape index (κ2) is 7.16. The van der Waals surface area contributed by atoms with E-state index in [1.54, 1.807) is 4.90 Å². The van der Waals surface area contributed by atoms with E-state index >= 15 is 0 Å². The van der Waals surface area contributed by atoms with Gasteiger partial charge in [0, 0.05) is 25.3 Å². The average Bonchev–Trinajstić information content (AvgIpc) is 3.28. The molecule has 6 nitrogen and oxygen atoms in total. The smallest absolute Gasteiger partial charge is 0.270 e. The Kier molecular flexibility index (Phi) is 5.10. The number of halogens is 2. The highest BCUT2D eigenvalue weighted by molar-refractivity contribution is 7.89. The van der Waals surface area contributed by atoms with Crippen molar-refractivity contribution in [2.75, 3.05) is 13.1 Å². The molecule has 2 N–H and O–H groups in total. The fourth-order valence-electron chi connectivity index (χ4n) is 2.89. The van der Waals surface area contributed by atoms with E-state index < -0.39 is 27.7 Å². The number of sulfonamides is 1. The van der Waals surface area contributed by atoms with Crippen LogP contribution in [-0.2, 0) is 10.0 Å². The minimum Gasteiger partial charge on any atom is -0.356 e.